The van der Waals surface area contributed by atoms with Gasteiger partial charge in [0.1, 0.15) is 41.7 Å². The van der Waals surface area contributed by atoms with Crippen LogP contribution in [0.2, 0.25) is 0 Å². The minimum Gasteiger partial charge on any atom is -0.457 e. The minimum absolute atomic E-state index is 0.0241. The van der Waals surface area contributed by atoms with Crippen LogP contribution in [-0.2, 0) is 11.3 Å². The summed E-state index contributed by atoms with van der Waals surface area (Å²) in [6.45, 7) is 0.0306. The number of carbonyl (C=O) groups is 1. The van der Waals surface area contributed by atoms with Crippen molar-refractivity contribution in [2.75, 3.05) is 0 Å². The van der Waals surface area contributed by atoms with Crippen molar-refractivity contribution in [1.82, 2.24) is 0 Å². The summed E-state index contributed by atoms with van der Waals surface area (Å²) < 4.78 is 16.8. The van der Waals surface area contributed by atoms with E-state index < -0.39 is 10.9 Å². The van der Waals surface area contributed by atoms with Crippen molar-refractivity contribution in [1.29, 1.82) is 10.5 Å². The Morgan fingerprint density at radius 2 is 1.35 bits per heavy atom. The molecule has 0 heterocycles. The van der Waals surface area contributed by atoms with E-state index in [0.717, 1.165) is 5.56 Å². The maximum Gasteiger partial charge on any atom is 0.338 e. The molecule has 0 saturated carbocycles. The van der Waals surface area contributed by atoms with Crippen molar-refractivity contribution in [2.24, 2.45) is 0 Å². The van der Waals surface area contributed by atoms with Crippen molar-refractivity contribution in [2.45, 2.75) is 6.61 Å². The van der Waals surface area contributed by atoms with Crippen LogP contribution in [0, 0.1) is 32.8 Å². The van der Waals surface area contributed by atoms with Crippen LogP contribution in [0.1, 0.15) is 27.0 Å². The lowest BCUT2D eigenvalue weighted by Gasteiger charge is -2.09. The van der Waals surface area contributed by atoms with Crippen LogP contribution in [-0.4, -0.2) is 10.9 Å². The molecule has 0 radical (unpaired) electrons. The maximum absolute atomic E-state index is 12.6. The number of nitriles is 2. The third kappa shape index (κ3) is 6.27. The number of non-ortho nitro benzene ring substituents is 1. The molecular weight excluding hydrogens is 474 g/mol. The van der Waals surface area contributed by atoms with E-state index in [1.54, 1.807) is 48.5 Å². The van der Waals surface area contributed by atoms with Crippen molar-refractivity contribution >= 4 is 11.7 Å². The Morgan fingerprint density at radius 3 is 2.00 bits per heavy atom. The maximum atomic E-state index is 12.6. The van der Waals surface area contributed by atoms with E-state index in [0.29, 0.717) is 23.0 Å². The third-order valence-corrected chi connectivity index (χ3v) is 5.11. The van der Waals surface area contributed by atoms with Crippen LogP contribution >= 0.6 is 0 Å². The van der Waals surface area contributed by atoms with E-state index in [4.69, 9.17) is 19.5 Å². The summed E-state index contributed by atoms with van der Waals surface area (Å²) in [4.78, 5) is 22.8. The van der Waals surface area contributed by atoms with Crippen molar-refractivity contribution in [3.8, 4) is 35.1 Å². The van der Waals surface area contributed by atoms with Gasteiger partial charge in [-0.15, -0.1) is 0 Å². The first-order chi connectivity index (χ1) is 17.9. The van der Waals surface area contributed by atoms with E-state index in [2.05, 4.69) is 0 Å². The van der Waals surface area contributed by atoms with Gasteiger partial charge in [-0.05, 0) is 66.2 Å². The predicted molar refractivity (Wildman–Crippen MR) is 131 cm³/mol. The van der Waals surface area contributed by atoms with Gasteiger partial charge in [-0.2, -0.15) is 10.5 Å². The SMILES string of the molecule is N#Cc1ccc(Oc2cccc(C(=O)OCc3ccc(Oc4ccc([N+](=O)[O-])cc4)cc3)c2)cc1C#N. The van der Waals surface area contributed by atoms with Crippen LogP contribution < -0.4 is 9.47 Å². The predicted octanol–water partition coefficient (Wildman–Crippen LogP) is 6.28. The number of rotatable bonds is 8. The molecule has 9 nitrogen and oxygen atoms in total. The van der Waals surface area contributed by atoms with Gasteiger partial charge in [-0.1, -0.05) is 18.2 Å². The molecule has 0 N–H and O–H groups in total. The zero-order chi connectivity index (χ0) is 26.2. The van der Waals surface area contributed by atoms with Gasteiger partial charge in [0.15, 0.2) is 0 Å². The molecule has 4 rings (SSSR count). The standard InChI is InChI=1S/C28H17N3O6/c29-16-21-6-11-27(15-22(21)17-30)37-26-3-1-2-20(14-26)28(32)35-18-19-4-9-24(10-5-19)36-25-12-7-23(8-13-25)31(33)34/h1-15H,18H2. The van der Waals surface area contributed by atoms with Gasteiger partial charge in [-0.3, -0.25) is 10.1 Å². The third-order valence-electron chi connectivity index (χ3n) is 5.11. The van der Waals surface area contributed by atoms with Gasteiger partial charge in [-0.25, -0.2) is 4.79 Å². The molecule has 0 unspecified atom stereocenters. The molecule has 0 aliphatic heterocycles. The van der Waals surface area contributed by atoms with Crippen LogP contribution in [0.4, 0.5) is 5.69 Å². The van der Waals surface area contributed by atoms with Crippen LogP contribution in [0.25, 0.3) is 0 Å². The van der Waals surface area contributed by atoms with Gasteiger partial charge in [0.05, 0.1) is 21.6 Å². The number of benzene rings is 4. The first-order valence-corrected chi connectivity index (χ1v) is 10.9. The van der Waals surface area contributed by atoms with E-state index in [-0.39, 0.29) is 29.0 Å². The smallest absolute Gasteiger partial charge is 0.338 e. The fourth-order valence-electron chi connectivity index (χ4n) is 3.26. The average molecular weight is 491 g/mol. The fourth-order valence-corrected chi connectivity index (χ4v) is 3.26. The van der Waals surface area contributed by atoms with E-state index in [9.17, 15) is 20.2 Å². The molecule has 4 aromatic rings. The van der Waals surface area contributed by atoms with Crippen molar-refractivity contribution < 1.29 is 23.9 Å². The quantitative estimate of drug-likeness (QED) is 0.160. The van der Waals surface area contributed by atoms with Crippen molar-refractivity contribution in [3.05, 3.63) is 123 Å². The van der Waals surface area contributed by atoms with E-state index in [1.165, 1.54) is 42.5 Å². The number of hydrogen-bond donors (Lipinski definition) is 0. The zero-order valence-electron chi connectivity index (χ0n) is 19.2. The molecule has 0 amide bonds. The second-order valence-electron chi connectivity index (χ2n) is 7.63. The highest BCUT2D eigenvalue weighted by Gasteiger charge is 2.11. The molecule has 4 aromatic carbocycles. The Kier molecular flexibility index (Phi) is 7.38. The number of ether oxygens (including phenoxy) is 3. The first kappa shape index (κ1) is 24.5. The Bertz CT molecular complexity index is 1530. The zero-order valence-corrected chi connectivity index (χ0v) is 19.2. The molecule has 0 aromatic heterocycles. The highest BCUT2D eigenvalue weighted by atomic mass is 16.6. The van der Waals surface area contributed by atoms with Crippen LogP contribution in [0.15, 0.2) is 91.0 Å². The van der Waals surface area contributed by atoms with E-state index >= 15 is 0 Å². The molecule has 0 aliphatic carbocycles. The molecule has 0 spiro atoms. The number of nitro groups is 1. The lowest BCUT2D eigenvalue weighted by atomic mass is 10.1. The molecule has 9 heteroatoms. The Morgan fingerprint density at radius 1 is 0.757 bits per heavy atom. The summed E-state index contributed by atoms with van der Waals surface area (Å²) in [6.07, 6.45) is 0. The highest BCUT2D eigenvalue weighted by molar-refractivity contribution is 5.89. The Labute approximate surface area is 211 Å². The van der Waals surface area contributed by atoms with Crippen LogP contribution in [0.5, 0.6) is 23.0 Å². The largest absolute Gasteiger partial charge is 0.457 e. The number of carbonyl (C=O) groups excluding carboxylic acids is 1. The summed E-state index contributed by atoms with van der Waals surface area (Å²) >= 11 is 0. The van der Waals surface area contributed by atoms with E-state index in [1.807, 2.05) is 12.1 Å². The monoisotopic (exact) mass is 491 g/mol. The first-order valence-electron chi connectivity index (χ1n) is 10.9. The topological polar surface area (TPSA) is 135 Å². The van der Waals surface area contributed by atoms with Gasteiger partial charge >= 0.3 is 5.97 Å². The summed E-state index contributed by atoms with van der Waals surface area (Å²) in [5.74, 6) is 1.16. The summed E-state index contributed by atoms with van der Waals surface area (Å²) in [5.41, 5.74) is 1.44. The molecule has 0 bridgehead atoms. The van der Waals surface area contributed by atoms with Gasteiger partial charge in [0.25, 0.3) is 5.69 Å². The molecule has 0 aliphatic rings. The number of nitrogens with zero attached hydrogens (tertiary/aromatic N) is 3. The Balaban J connectivity index is 1.34. The second-order valence-corrected chi connectivity index (χ2v) is 7.63. The van der Waals surface area contributed by atoms with Gasteiger partial charge in [0, 0.05) is 12.1 Å². The lowest BCUT2D eigenvalue weighted by molar-refractivity contribution is -0.384. The van der Waals surface area contributed by atoms with Gasteiger partial charge in [0.2, 0.25) is 0 Å². The number of nitro benzene ring substituents is 1. The molecular formula is C28H17N3O6. The van der Waals surface area contributed by atoms with Crippen molar-refractivity contribution in [3.63, 3.8) is 0 Å². The number of hydrogen-bond acceptors (Lipinski definition) is 8. The molecule has 37 heavy (non-hydrogen) atoms. The molecule has 0 saturated heterocycles. The lowest BCUT2D eigenvalue weighted by Crippen LogP contribution is -2.05. The normalized spacial score (nSPS) is 10.0. The summed E-state index contributed by atoms with van der Waals surface area (Å²) in [6, 6.07) is 27.4. The molecule has 180 valence electrons. The second kappa shape index (κ2) is 11.2. The molecule has 0 fully saturated rings. The number of esters is 1. The average Bonchev–Trinajstić information content (AvgIpc) is 2.93. The molecule has 0 atom stereocenters. The van der Waals surface area contributed by atoms with Gasteiger partial charge < -0.3 is 14.2 Å². The van der Waals surface area contributed by atoms with Crippen LogP contribution in [0.3, 0.4) is 0 Å². The summed E-state index contributed by atoms with van der Waals surface area (Å²) in [5, 5.41) is 29.0. The fraction of sp³-hybridized carbons (Fsp3) is 0.0357. The Hall–Kier alpha value is -5.67. The minimum atomic E-state index is -0.547. The highest BCUT2D eigenvalue weighted by Crippen LogP contribution is 2.26. The summed E-state index contributed by atoms with van der Waals surface area (Å²) in [7, 11) is 0.